The molecule has 1 aliphatic heterocycles. The third-order valence-corrected chi connectivity index (χ3v) is 4.88. The highest BCUT2D eigenvalue weighted by Crippen LogP contribution is 2.24. The lowest BCUT2D eigenvalue weighted by molar-refractivity contribution is 0.122. The molecule has 1 aromatic carbocycles. The van der Waals surface area contributed by atoms with Crippen LogP contribution in [-0.2, 0) is 17.8 Å². The van der Waals surface area contributed by atoms with Gasteiger partial charge in [-0.1, -0.05) is 0 Å². The van der Waals surface area contributed by atoms with Crippen LogP contribution in [0.15, 0.2) is 18.2 Å². The van der Waals surface area contributed by atoms with Crippen LogP contribution >= 0.6 is 0 Å². The molecule has 0 atom stereocenters. The Bertz CT molecular complexity index is 720. The first-order valence-electron chi connectivity index (χ1n) is 8.91. The van der Waals surface area contributed by atoms with Crippen LogP contribution in [0.3, 0.4) is 0 Å². The van der Waals surface area contributed by atoms with E-state index in [1.165, 1.54) is 16.8 Å². The van der Waals surface area contributed by atoms with Gasteiger partial charge in [-0.2, -0.15) is 5.10 Å². The van der Waals surface area contributed by atoms with Crippen LogP contribution in [0.1, 0.15) is 22.5 Å². The van der Waals surface area contributed by atoms with E-state index in [9.17, 15) is 0 Å². The van der Waals surface area contributed by atoms with Crippen LogP contribution in [0.4, 0.5) is 11.4 Å². The number of aromatic nitrogens is 2. The Morgan fingerprint density at radius 1 is 1.20 bits per heavy atom. The average molecular weight is 344 g/mol. The van der Waals surface area contributed by atoms with Crippen LogP contribution in [0.2, 0.25) is 0 Å². The molecule has 0 amide bonds. The van der Waals surface area contributed by atoms with Crippen LogP contribution in [0.25, 0.3) is 0 Å². The molecule has 0 spiro atoms. The first kappa shape index (κ1) is 17.8. The summed E-state index contributed by atoms with van der Waals surface area (Å²) in [6.45, 7) is 11.1. The van der Waals surface area contributed by atoms with Gasteiger partial charge in [-0.05, 0) is 44.5 Å². The molecule has 0 bridgehead atoms. The SMILES string of the molecule is Cc1cc(N2CCOCC2)ccc1NCc1c(C)nn(CCO)c1C. The molecular formula is C19H28N4O2. The summed E-state index contributed by atoms with van der Waals surface area (Å²) in [4.78, 5) is 2.37. The van der Waals surface area contributed by atoms with Gasteiger partial charge >= 0.3 is 0 Å². The maximum atomic E-state index is 9.13. The Balaban J connectivity index is 1.69. The second kappa shape index (κ2) is 7.89. The van der Waals surface area contributed by atoms with E-state index in [4.69, 9.17) is 9.84 Å². The van der Waals surface area contributed by atoms with Crippen molar-refractivity contribution in [1.29, 1.82) is 0 Å². The quantitative estimate of drug-likeness (QED) is 0.842. The van der Waals surface area contributed by atoms with Crippen molar-refractivity contribution in [2.45, 2.75) is 33.9 Å². The lowest BCUT2D eigenvalue weighted by Gasteiger charge is -2.29. The molecule has 25 heavy (non-hydrogen) atoms. The number of rotatable bonds is 6. The Hall–Kier alpha value is -2.05. The Morgan fingerprint density at radius 3 is 2.64 bits per heavy atom. The number of aliphatic hydroxyl groups excluding tert-OH is 1. The summed E-state index contributed by atoms with van der Waals surface area (Å²) in [5.74, 6) is 0. The maximum Gasteiger partial charge on any atom is 0.0646 e. The smallest absolute Gasteiger partial charge is 0.0646 e. The van der Waals surface area contributed by atoms with Crippen molar-refractivity contribution < 1.29 is 9.84 Å². The molecule has 2 N–H and O–H groups in total. The minimum Gasteiger partial charge on any atom is -0.394 e. The molecule has 1 fully saturated rings. The molecule has 6 nitrogen and oxygen atoms in total. The van der Waals surface area contributed by atoms with Gasteiger partial charge in [0.25, 0.3) is 0 Å². The summed E-state index contributed by atoms with van der Waals surface area (Å²) < 4.78 is 7.30. The van der Waals surface area contributed by atoms with Crippen molar-refractivity contribution in [3.63, 3.8) is 0 Å². The van der Waals surface area contributed by atoms with Gasteiger partial charge in [0.15, 0.2) is 0 Å². The zero-order chi connectivity index (χ0) is 17.8. The number of anilines is 2. The Morgan fingerprint density at radius 2 is 1.96 bits per heavy atom. The second-order valence-electron chi connectivity index (χ2n) is 6.55. The molecule has 2 heterocycles. The summed E-state index contributed by atoms with van der Waals surface area (Å²) in [5, 5.41) is 17.2. The Labute approximate surface area is 149 Å². The molecule has 1 saturated heterocycles. The lowest BCUT2D eigenvalue weighted by Crippen LogP contribution is -2.36. The number of morpholine rings is 1. The maximum absolute atomic E-state index is 9.13. The van der Waals surface area contributed by atoms with E-state index in [-0.39, 0.29) is 6.61 Å². The van der Waals surface area contributed by atoms with Crippen LogP contribution < -0.4 is 10.2 Å². The monoisotopic (exact) mass is 344 g/mol. The molecule has 2 aromatic rings. The number of benzene rings is 1. The molecule has 136 valence electrons. The van der Waals surface area contributed by atoms with Crippen molar-refractivity contribution >= 4 is 11.4 Å². The summed E-state index contributed by atoms with van der Waals surface area (Å²) in [6, 6.07) is 6.57. The molecule has 0 radical (unpaired) electrons. The number of aryl methyl sites for hydroxylation is 2. The minimum atomic E-state index is 0.108. The molecule has 1 aromatic heterocycles. The van der Waals surface area contributed by atoms with Gasteiger partial charge in [0.2, 0.25) is 0 Å². The standard InChI is InChI=1S/C19H28N4O2/c1-14-12-17(22-7-10-25-11-8-22)4-5-19(14)20-13-18-15(2)21-23(6-9-24)16(18)3/h4-5,12,20,24H,6-11,13H2,1-3H3. The lowest BCUT2D eigenvalue weighted by atomic mass is 10.1. The fourth-order valence-electron chi connectivity index (χ4n) is 3.35. The van der Waals surface area contributed by atoms with Crippen molar-refractivity contribution in [2.75, 3.05) is 43.1 Å². The molecule has 1 aliphatic rings. The van der Waals surface area contributed by atoms with Crippen molar-refractivity contribution in [3.05, 3.63) is 40.7 Å². The molecule has 3 rings (SSSR count). The van der Waals surface area contributed by atoms with Crippen molar-refractivity contribution in [1.82, 2.24) is 9.78 Å². The first-order chi connectivity index (χ1) is 12.1. The van der Waals surface area contributed by atoms with Gasteiger partial charge in [-0.25, -0.2) is 0 Å². The summed E-state index contributed by atoms with van der Waals surface area (Å²) in [6.07, 6.45) is 0. The van der Waals surface area contributed by atoms with E-state index in [2.05, 4.69) is 47.4 Å². The van der Waals surface area contributed by atoms with Gasteiger partial charge in [-0.3, -0.25) is 4.68 Å². The molecule has 0 saturated carbocycles. The number of hydrogen-bond acceptors (Lipinski definition) is 5. The minimum absolute atomic E-state index is 0.108. The number of nitrogens with zero attached hydrogens (tertiary/aromatic N) is 3. The van der Waals surface area contributed by atoms with E-state index in [1.54, 1.807) is 0 Å². The number of aliphatic hydroxyl groups is 1. The zero-order valence-corrected chi connectivity index (χ0v) is 15.4. The largest absolute Gasteiger partial charge is 0.394 e. The van der Waals surface area contributed by atoms with Crippen LogP contribution in [-0.4, -0.2) is 47.8 Å². The first-order valence-corrected chi connectivity index (χ1v) is 8.91. The van der Waals surface area contributed by atoms with E-state index < -0.39 is 0 Å². The van der Waals surface area contributed by atoms with Gasteiger partial charge in [0.05, 0.1) is 32.1 Å². The van der Waals surface area contributed by atoms with Gasteiger partial charge in [0.1, 0.15) is 0 Å². The third kappa shape index (κ3) is 3.96. The van der Waals surface area contributed by atoms with E-state index in [1.807, 2.05) is 11.6 Å². The predicted octanol–water partition coefficient (Wildman–Crippen LogP) is 2.25. The van der Waals surface area contributed by atoms with Crippen molar-refractivity contribution in [2.24, 2.45) is 0 Å². The highest BCUT2D eigenvalue weighted by molar-refractivity contribution is 5.60. The van der Waals surface area contributed by atoms with E-state index in [0.717, 1.165) is 49.9 Å². The van der Waals surface area contributed by atoms with Crippen molar-refractivity contribution in [3.8, 4) is 0 Å². The van der Waals surface area contributed by atoms with E-state index >= 15 is 0 Å². The average Bonchev–Trinajstić information content (AvgIpc) is 2.89. The second-order valence-corrected chi connectivity index (χ2v) is 6.55. The van der Waals surface area contributed by atoms with Crippen LogP contribution in [0, 0.1) is 20.8 Å². The highest BCUT2D eigenvalue weighted by Gasteiger charge is 2.14. The topological polar surface area (TPSA) is 62.5 Å². The number of nitrogens with one attached hydrogen (secondary N) is 1. The molecule has 0 aliphatic carbocycles. The van der Waals surface area contributed by atoms with Gasteiger partial charge in [-0.15, -0.1) is 0 Å². The van der Waals surface area contributed by atoms with Gasteiger partial charge in [0, 0.05) is 42.3 Å². The highest BCUT2D eigenvalue weighted by atomic mass is 16.5. The summed E-state index contributed by atoms with van der Waals surface area (Å²) >= 11 is 0. The number of ether oxygens (including phenoxy) is 1. The fourth-order valence-corrected chi connectivity index (χ4v) is 3.35. The summed E-state index contributed by atoms with van der Waals surface area (Å²) in [5.41, 5.74) is 6.97. The fraction of sp³-hybridized carbons (Fsp3) is 0.526. The predicted molar refractivity (Wildman–Crippen MR) is 100 cm³/mol. The third-order valence-electron chi connectivity index (χ3n) is 4.88. The number of hydrogen-bond donors (Lipinski definition) is 2. The zero-order valence-electron chi connectivity index (χ0n) is 15.4. The van der Waals surface area contributed by atoms with Crippen LogP contribution in [0.5, 0.6) is 0 Å². The van der Waals surface area contributed by atoms with E-state index in [0.29, 0.717) is 6.54 Å². The normalized spacial score (nSPS) is 14.8. The Kier molecular flexibility index (Phi) is 5.60. The molecule has 0 unspecified atom stereocenters. The molecular weight excluding hydrogens is 316 g/mol. The molecule has 6 heteroatoms. The van der Waals surface area contributed by atoms with Gasteiger partial charge < -0.3 is 20.1 Å². The summed E-state index contributed by atoms with van der Waals surface area (Å²) in [7, 11) is 0.